The van der Waals surface area contributed by atoms with Gasteiger partial charge in [-0.1, -0.05) is 36.4 Å². The third-order valence-electron chi connectivity index (χ3n) is 3.23. The summed E-state index contributed by atoms with van der Waals surface area (Å²) in [7, 11) is 0. The van der Waals surface area contributed by atoms with Gasteiger partial charge < -0.3 is 5.73 Å². The van der Waals surface area contributed by atoms with E-state index in [1.807, 2.05) is 11.8 Å². The standard InChI is InChI=1S/C12H13NS/c13-12-7-8-14-11(12)6-5-9-3-1-2-4-10(9)12/h1-6,11H,7-8,13H2. The Labute approximate surface area is 88.4 Å². The quantitative estimate of drug-likeness (QED) is 0.700. The minimum Gasteiger partial charge on any atom is -0.320 e. The SMILES string of the molecule is NC12CCSC1C=Cc1ccccc12. The molecule has 1 aliphatic carbocycles. The van der Waals surface area contributed by atoms with E-state index in [4.69, 9.17) is 5.73 Å². The van der Waals surface area contributed by atoms with E-state index in [1.54, 1.807) is 0 Å². The number of hydrogen-bond acceptors (Lipinski definition) is 2. The molecule has 0 aromatic heterocycles. The topological polar surface area (TPSA) is 26.0 Å². The zero-order valence-corrected chi connectivity index (χ0v) is 8.76. The highest BCUT2D eigenvalue weighted by Crippen LogP contribution is 2.45. The van der Waals surface area contributed by atoms with Gasteiger partial charge in [-0.2, -0.15) is 11.8 Å². The summed E-state index contributed by atoms with van der Waals surface area (Å²) in [5.74, 6) is 1.18. The smallest absolute Gasteiger partial charge is 0.0579 e. The highest BCUT2D eigenvalue weighted by molar-refractivity contribution is 8.00. The van der Waals surface area contributed by atoms with Gasteiger partial charge in [-0.3, -0.25) is 0 Å². The van der Waals surface area contributed by atoms with Crippen LogP contribution in [0.15, 0.2) is 30.3 Å². The summed E-state index contributed by atoms with van der Waals surface area (Å²) >= 11 is 1.98. The van der Waals surface area contributed by atoms with Gasteiger partial charge in [0.2, 0.25) is 0 Å². The van der Waals surface area contributed by atoms with Gasteiger partial charge in [0.05, 0.1) is 5.54 Å². The van der Waals surface area contributed by atoms with Gasteiger partial charge in [0, 0.05) is 5.25 Å². The Hall–Kier alpha value is -0.730. The predicted octanol–water partition coefficient (Wildman–Crippen LogP) is 2.37. The van der Waals surface area contributed by atoms with Crippen LogP contribution in [0, 0.1) is 0 Å². The van der Waals surface area contributed by atoms with E-state index in [0.717, 1.165) is 6.42 Å². The van der Waals surface area contributed by atoms with Crippen LogP contribution in [0.1, 0.15) is 17.5 Å². The van der Waals surface area contributed by atoms with Crippen LogP contribution in [-0.2, 0) is 5.54 Å². The molecule has 2 heteroatoms. The van der Waals surface area contributed by atoms with Gasteiger partial charge in [-0.15, -0.1) is 0 Å². The maximum atomic E-state index is 6.50. The van der Waals surface area contributed by atoms with Gasteiger partial charge in [0.15, 0.2) is 0 Å². The van der Waals surface area contributed by atoms with Crippen molar-refractivity contribution in [2.24, 2.45) is 5.73 Å². The van der Waals surface area contributed by atoms with Crippen LogP contribution in [0.2, 0.25) is 0 Å². The normalized spacial score (nSPS) is 33.9. The van der Waals surface area contributed by atoms with E-state index >= 15 is 0 Å². The minimum atomic E-state index is -0.101. The monoisotopic (exact) mass is 203 g/mol. The molecule has 72 valence electrons. The molecule has 1 saturated heterocycles. The van der Waals surface area contributed by atoms with Crippen LogP contribution in [0.25, 0.3) is 6.08 Å². The molecule has 1 nitrogen and oxygen atoms in total. The third-order valence-corrected chi connectivity index (χ3v) is 4.61. The molecule has 1 aliphatic heterocycles. The molecule has 14 heavy (non-hydrogen) atoms. The Bertz CT molecular complexity index is 399. The van der Waals surface area contributed by atoms with Crippen molar-refractivity contribution >= 4 is 17.8 Å². The van der Waals surface area contributed by atoms with E-state index in [1.165, 1.54) is 16.9 Å². The maximum absolute atomic E-state index is 6.50. The van der Waals surface area contributed by atoms with E-state index in [0.29, 0.717) is 5.25 Å². The number of nitrogens with two attached hydrogens (primary N) is 1. The summed E-state index contributed by atoms with van der Waals surface area (Å²) in [6.07, 6.45) is 5.58. The Morgan fingerprint density at radius 1 is 1.36 bits per heavy atom. The zero-order chi connectivity index (χ0) is 9.60. The van der Waals surface area contributed by atoms with Crippen LogP contribution in [0.5, 0.6) is 0 Å². The second kappa shape index (κ2) is 2.88. The van der Waals surface area contributed by atoms with Gasteiger partial charge in [0.1, 0.15) is 0 Å². The highest BCUT2D eigenvalue weighted by atomic mass is 32.2. The molecule has 2 atom stereocenters. The first kappa shape index (κ1) is 8.57. The zero-order valence-electron chi connectivity index (χ0n) is 7.94. The first-order valence-corrected chi connectivity index (χ1v) is 6.04. The Kier molecular flexibility index (Phi) is 1.76. The minimum absolute atomic E-state index is 0.101. The lowest BCUT2D eigenvalue weighted by Gasteiger charge is -2.33. The first-order chi connectivity index (χ1) is 6.81. The summed E-state index contributed by atoms with van der Waals surface area (Å²) < 4.78 is 0. The molecule has 2 unspecified atom stereocenters. The molecule has 2 N–H and O–H groups in total. The molecule has 2 aliphatic rings. The second-order valence-electron chi connectivity index (χ2n) is 4.03. The van der Waals surface area contributed by atoms with Gasteiger partial charge >= 0.3 is 0 Å². The van der Waals surface area contributed by atoms with Crippen LogP contribution >= 0.6 is 11.8 Å². The van der Waals surface area contributed by atoms with Crippen molar-refractivity contribution in [3.8, 4) is 0 Å². The molecule has 0 radical (unpaired) electrons. The number of thioether (sulfide) groups is 1. The molecular formula is C12H13NS. The maximum Gasteiger partial charge on any atom is 0.0579 e. The van der Waals surface area contributed by atoms with Crippen LogP contribution in [0.4, 0.5) is 0 Å². The van der Waals surface area contributed by atoms with E-state index in [2.05, 4.69) is 36.4 Å². The molecule has 1 aromatic rings. The van der Waals surface area contributed by atoms with E-state index in [9.17, 15) is 0 Å². The Morgan fingerprint density at radius 3 is 3.14 bits per heavy atom. The summed E-state index contributed by atoms with van der Waals surface area (Å²) in [6.45, 7) is 0. The number of fused-ring (bicyclic) bond motifs is 3. The Morgan fingerprint density at radius 2 is 2.21 bits per heavy atom. The Balaban J connectivity index is 2.21. The average Bonchev–Trinajstić information content (AvgIpc) is 2.60. The second-order valence-corrected chi connectivity index (χ2v) is 5.28. The lowest BCUT2D eigenvalue weighted by atomic mass is 9.79. The van der Waals surface area contributed by atoms with Crippen molar-refractivity contribution in [3.63, 3.8) is 0 Å². The van der Waals surface area contributed by atoms with E-state index in [-0.39, 0.29) is 5.54 Å². The van der Waals surface area contributed by atoms with Gasteiger partial charge in [-0.05, 0) is 23.3 Å². The van der Waals surface area contributed by atoms with Crippen molar-refractivity contribution in [2.45, 2.75) is 17.2 Å². The summed E-state index contributed by atoms with van der Waals surface area (Å²) in [6, 6.07) is 8.50. The van der Waals surface area contributed by atoms with E-state index < -0.39 is 0 Å². The fourth-order valence-electron chi connectivity index (χ4n) is 2.42. The molecule has 0 spiro atoms. The molecule has 1 aromatic carbocycles. The van der Waals surface area contributed by atoms with Crippen LogP contribution in [-0.4, -0.2) is 11.0 Å². The summed E-state index contributed by atoms with van der Waals surface area (Å²) in [5, 5.41) is 0.484. The largest absolute Gasteiger partial charge is 0.320 e. The molecule has 0 amide bonds. The fourth-order valence-corrected chi connectivity index (χ4v) is 3.86. The highest BCUT2D eigenvalue weighted by Gasteiger charge is 2.42. The molecular weight excluding hydrogens is 190 g/mol. The molecule has 1 fully saturated rings. The van der Waals surface area contributed by atoms with Gasteiger partial charge in [-0.25, -0.2) is 0 Å². The predicted molar refractivity (Wildman–Crippen MR) is 62.2 cm³/mol. The molecule has 3 rings (SSSR count). The average molecular weight is 203 g/mol. The van der Waals surface area contributed by atoms with Crippen molar-refractivity contribution in [1.29, 1.82) is 0 Å². The number of benzene rings is 1. The molecule has 0 saturated carbocycles. The fraction of sp³-hybridized carbons (Fsp3) is 0.333. The lowest BCUT2D eigenvalue weighted by Crippen LogP contribution is -2.44. The third kappa shape index (κ3) is 1.01. The van der Waals surface area contributed by atoms with Crippen molar-refractivity contribution in [3.05, 3.63) is 41.5 Å². The summed E-state index contributed by atoms with van der Waals surface area (Å²) in [4.78, 5) is 0. The molecule has 0 bridgehead atoms. The van der Waals surface area contributed by atoms with Crippen molar-refractivity contribution < 1.29 is 0 Å². The number of hydrogen-bond donors (Lipinski definition) is 1. The summed E-state index contributed by atoms with van der Waals surface area (Å²) in [5.41, 5.74) is 9.03. The number of rotatable bonds is 0. The van der Waals surface area contributed by atoms with Gasteiger partial charge in [0.25, 0.3) is 0 Å². The lowest BCUT2D eigenvalue weighted by molar-refractivity contribution is 0.464. The van der Waals surface area contributed by atoms with Crippen LogP contribution < -0.4 is 5.73 Å². The van der Waals surface area contributed by atoms with Crippen molar-refractivity contribution in [1.82, 2.24) is 0 Å². The van der Waals surface area contributed by atoms with Crippen LogP contribution in [0.3, 0.4) is 0 Å². The van der Waals surface area contributed by atoms with Crippen molar-refractivity contribution in [2.75, 3.05) is 5.75 Å². The first-order valence-electron chi connectivity index (χ1n) is 4.99. The molecule has 1 heterocycles.